The molecule has 0 unspecified atom stereocenters. The number of nitrogens with one attached hydrogen (secondary N) is 1. The largest absolute Gasteiger partial charge is 0.351 e. The minimum atomic E-state index is -0.194. The van der Waals surface area contributed by atoms with Crippen molar-refractivity contribution in [2.45, 2.75) is 13.8 Å². The first-order valence-corrected chi connectivity index (χ1v) is 7.07. The highest BCUT2D eigenvalue weighted by Gasteiger charge is 2.11. The van der Waals surface area contributed by atoms with Gasteiger partial charge >= 0.3 is 0 Å². The third kappa shape index (κ3) is 4.55. The fourth-order valence-electron chi connectivity index (χ4n) is 1.54. The number of likely N-dealkylation sites (N-methyl/N-ethyl adjacent to an activating group) is 1. The van der Waals surface area contributed by atoms with Gasteiger partial charge in [0.1, 0.15) is 5.15 Å². The summed E-state index contributed by atoms with van der Waals surface area (Å²) >= 11 is 9.15. The molecule has 1 aromatic rings. The van der Waals surface area contributed by atoms with Crippen LogP contribution in [-0.2, 0) is 0 Å². The van der Waals surface area contributed by atoms with Crippen LogP contribution in [0.4, 0.5) is 0 Å². The van der Waals surface area contributed by atoms with Crippen molar-refractivity contribution in [1.29, 1.82) is 0 Å². The molecule has 0 aliphatic heterocycles. The number of aromatic nitrogens is 1. The SMILES string of the molecule is CCN(CC)CCNC(=O)c1cc(Br)cnc1Cl. The van der Waals surface area contributed by atoms with E-state index in [2.05, 4.69) is 45.0 Å². The molecule has 0 saturated carbocycles. The zero-order valence-corrected chi connectivity index (χ0v) is 12.9. The predicted molar refractivity (Wildman–Crippen MR) is 77.1 cm³/mol. The molecule has 1 heterocycles. The third-order valence-electron chi connectivity index (χ3n) is 2.66. The smallest absolute Gasteiger partial charge is 0.254 e. The summed E-state index contributed by atoms with van der Waals surface area (Å²) in [5.74, 6) is -0.194. The first-order valence-electron chi connectivity index (χ1n) is 5.90. The van der Waals surface area contributed by atoms with Crippen molar-refractivity contribution < 1.29 is 4.79 Å². The van der Waals surface area contributed by atoms with E-state index in [-0.39, 0.29) is 11.1 Å². The van der Waals surface area contributed by atoms with Crippen LogP contribution in [0.2, 0.25) is 5.15 Å². The second-order valence-corrected chi connectivity index (χ2v) is 5.05. The average molecular weight is 335 g/mol. The van der Waals surface area contributed by atoms with Crippen LogP contribution >= 0.6 is 27.5 Å². The van der Waals surface area contributed by atoms with Crippen LogP contribution in [0.15, 0.2) is 16.7 Å². The van der Waals surface area contributed by atoms with Crippen LogP contribution < -0.4 is 5.32 Å². The Bertz CT molecular complexity index is 410. The van der Waals surface area contributed by atoms with Gasteiger partial charge in [-0.05, 0) is 35.1 Å². The van der Waals surface area contributed by atoms with Gasteiger partial charge in [-0.1, -0.05) is 25.4 Å². The lowest BCUT2D eigenvalue weighted by atomic mass is 10.2. The van der Waals surface area contributed by atoms with Gasteiger partial charge in [0.2, 0.25) is 0 Å². The molecule has 0 aliphatic rings. The normalized spacial score (nSPS) is 10.7. The van der Waals surface area contributed by atoms with Crippen molar-refractivity contribution >= 4 is 33.4 Å². The Morgan fingerprint density at radius 2 is 2.17 bits per heavy atom. The van der Waals surface area contributed by atoms with E-state index < -0.39 is 0 Å². The lowest BCUT2D eigenvalue weighted by Crippen LogP contribution is -2.34. The van der Waals surface area contributed by atoms with Crippen LogP contribution in [0.5, 0.6) is 0 Å². The van der Waals surface area contributed by atoms with Gasteiger partial charge in [0.15, 0.2) is 0 Å². The highest BCUT2D eigenvalue weighted by Crippen LogP contribution is 2.17. The maximum Gasteiger partial charge on any atom is 0.254 e. The summed E-state index contributed by atoms with van der Waals surface area (Å²) in [6.45, 7) is 7.58. The van der Waals surface area contributed by atoms with Gasteiger partial charge in [-0.3, -0.25) is 4.79 Å². The summed E-state index contributed by atoms with van der Waals surface area (Å²) < 4.78 is 0.737. The summed E-state index contributed by atoms with van der Waals surface area (Å²) in [5.41, 5.74) is 0.394. The highest BCUT2D eigenvalue weighted by atomic mass is 79.9. The Hall–Kier alpha value is -0.650. The van der Waals surface area contributed by atoms with Crippen molar-refractivity contribution in [3.8, 4) is 0 Å². The zero-order chi connectivity index (χ0) is 13.5. The van der Waals surface area contributed by atoms with E-state index in [0.29, 0.717) is 12.1 Å². The number of nitrogens with zero attached hydrogens (tertiary/aromatic N) is 2. The fraction of sp³-hybridized carbons (Fsp3) is 0.500. The summed E-state index contributed by atoms with van der Waals surface area (Å²) in [5, 5.41) is 3.06. The van der Waals surface area contributed by atoms with Gasteiger partial charge in [0.05, 0.1) is 5.56 Å². The highest BCUT2D eigenvalue weighted by molar-refractivity contribution is 9.10. The number of hydrogen-bond donors (Lipinski definition) is 1. The third-order valence-corrected chi connectivity index (χ3v) is 3.39. The van der Waals surface area contributed by atoms with E-state index >= 15 is 0 Å². The number of halogens is 2. The quantitative estimate of drug-likeness (QED) is 0.813. The lowest BCUT2D eigenvalue weighted by Gasteiger charge is -2.18. The molecule has 4 nitrogen and oxygen atoms in total. The average Bonchev–Trinajstić information content (AvgIpc) is 2.37. The Balaban J connectivity index is 2.53. The van der Waals surface area contributed by atoms with E-state index in [1.807, 2.05) is 0 Å². The minimum Gasteiger partial charge on any atom is -0.351 e. The summed E-state index contributed by atoms with van der Waals surface area (Å²) in [6, 6.07) is 1.67. The summed E-state index contributed by atoms with van der Waals surface area (Å²) in [4.78, 5) is 18.1. The standard InChI is InChI=1S/C12H17BrClN3O/c1-3-17(4-2)6-5-15-12(18)10-7-9(13)8-16-11(10)14/h7-8H,3-6H2,1-2H3,(H,15,18). The van der Waals surface area contributed by atoms with E-state index in [1.165, 1.54) is 0 Å². The van der Waals surface area contributed by atoms with Crippen molar-refractivity contribution in [1.82, 2.24) is 15.2 Å². The molecule has 1 N–H and O–H groups in total. The van der Waals surface area contributed by atoms with E-state index in [9.17, 15) is 4.79 Å². The van der Waals surface area contributed by atoms with Crippen LogP contribution in [0, 0.1) is 0 Å². The summed E-state index contributed by atoms with van der Waals surface area (Å²) in [7, 11) is 0. The van der Waals surface area contributed by atoms with Gasteiger partial charge in [-0.2, -0.15) is 0 Å². The maximum atomic E-state index is 11.9. The van der Waals surface area contributed by atoms with Gasteiger partial charge < -0.3 is 10.2 Å². The molecule has 100 valence electrons. The molecular weight excluding hydrogens is 318 g/mol. The van der Waals surface area contributed by atoms with E-state index in [0.717, 1.165) is 24.1 Å². The Morgan fingerprint density at radius 3 is 2.78 bits per heavy atom. The molecule has 6 heteroatoms. The molecule has 18 heavy (non-hydrogen) atoms. The lowest BCUT2D eigenvalue weighted by molar-refractivity contribution is 0.0948. The number of carbonyl (C=O) groups excluding carboxylic acids is 1. The number of carbonyl (C=O) groups is 1. The van der Waals surface area contributed by atoms with Crippen LogP contribution in [-0.4, -0.2) is 42.0 Å². The van der Waals surface area contributed by atoms with E-state index in [1.54, 1.807) is 12.3 Å². The molecule has 0 atom stereocenters. The number of hydrogen-bond acceptors (Lipinski definition) is 3. The Morgan fingerprint density at radius 1 is 1.50 bits per heavy atom. The van der Waals surface area contributed by atoms with Crippen LogP contribution in [0.3, 0.4) is 0 Å². The fourth-order valence-corrected chi connectivity index (χ4v) is 2.06. The molecule has 0 bridgehead atoms. The molecule has 0 spiro atoms. The zero-order valence-electron chi connectivity index (χ0n) is 10.5. The minimum absolute atomic E-state index is 0.194. The van der Waals surface area contributed by atoms with Gasteiger partial charge in [-0.15, -0.1) is 0 Å². The molecule has 0 fully saturated rings. The first kappa shape index (κ1) is 15.4. The molecule has 0 saturated heterocycles. The summed E-state index contributed by atoms with van der Waals surface area (Å²) in [6.07, 6.45) is 1.56. The van der Waals surface area contributed by atoms with Gasteiger partial charge in [0, 0.05) is 23.8 Å². The molecule has 1 rings (SSSR count). The van der Waals surface area contributed by atoms with Crippen molar-refractivity contribution in [2.75, 3.05) is 26.2 Å². The van der Waals surface area contributed by atoms with E-state index in [4.69, 9.17) is 11.6 Å². The first-order chi connectivity index (χ1) is 8.58. The molecule has 1 amide bonds. The predicted octanol–water partition coefficient (Wildman–Crippen LogP) is 2.57. The van der Waals surface area contributed by atoms with Crippen LogP contribution in [0.25, 0.3) is 0 Å². The maximum absolute atomic E-state index is 11.9. The number of amides is 1. The van der Waals surface area contributed by atoms with Crippen LogP contribution in [0.1, 0.15) is 24.2 Å². The second kappa shape index (κ2) is 7.71. The molecule has 0 radical (unpaired) electrons. The topological polar surface area (TPSA) is 45.2 Å². The van der Waals surface area contributed by atoms with Crippen molar-refractivity contribution in [2.24, 2.45) is 0 Å². The molecular formula is C12H17BrClN3O. The molecule has 0 aromatic carbocycles. The van der Waals surface area contributed by atoms with Crippen molar-refractivity contribution in [3.05, 3.63) is 27.5 Å². The van der Waals surface area contributed by atoms with Gasteiger partial charge in [-0.25, -0.2) is 4.98 Å². The molecule has 0 aliphatic carbocycles. The van der Waals surface area contributed by atoms with Crippen molar-refractivity contribution in [3.63, 3.8) is 0 Å². The Kier molecular flexibility index (Phi) is 6.60. The monoisotopic (exact) mass is 333 g/mol. The number of rotatable bonds is 6. The van der Waals surface area contributed by atoms with Gasteiger partial charge in [0.25, 0.3) is 5.91 Å². The molecule has 1 aromatic heterocycles. The second-order valence-electron chi connectivity index (χ2n) is 3.77. The number of pyridine rings is 1. The Labute approximate surface area is 121 Å².